The number of hydrogen-bond donors (Lipinski definition) is 0. The molecule has 0 atom stereocenters. The van der Waals surface area contributed by atoms with Crippen LogP contribution in [-0.2, 0) is 4.79 Å². The molecule has 3 heteroatoms. The summed E-state index contributed by atoms with van der Waals surface area (Å²) in [4.78, 5) is 16.1. The molecule has 18 heavy (non-hydrogen) atoms. The van der Waals surface area contributed by atoms with E-state index in [0.717, 1.165) is 32.4 Å². The third-order valence-electron chi connectivity index (χ3n) is 3.83. The molecular weight excluding hydrogens is 224 g/mol. The van der Waals surface area contributed by atoms with Gasteiger partial charge >= 0.3 is 0 Å². The van der Waals surface area contributed by atoms with E-state index in [1.165, 1.54) is 45.3 Å². The Labute approximate surface area is 113 Å². The van der Waals surface area contributed by atoms with E-state index in [4.69, 9.17) is 0 Å². The Kier molecular flexibility index (Phi) is 8.06. The summed E-state index contributed by atoms with van der Waals surface area (Å²) in [7, 11) is 0. The van der Waals surface area contributed by atoms with E-state index < -0.39 is 0 Å². The van der Waals surface area contributed by atoms with Gasteiger partial charge in [0.15, 0.2) is 0 Å². The van der Waals surface area contributed by atoms with Crippen LogP contribution in [0.1, 0.15) is 58.8 Å². The molecule has 3 nitrogen and oxygen atoms in total. The first-order valence-corrected chi connectivity index (χ1v) is 7.72. The SMILES string of the molecule is CCCCN(CCCCN1CCCCC1)C(C)=O. The third-order valence-corrected chi connectivity index (χ3v) is 3.83. The van der Waals surface area contributed by atoms with Crippen LogP contribution in [-0.4, -0.2) is 48.4 Å². The van der Waals surface area contributed by atoms with Crippen LogP contribution in [0.2, 0.25) is 0 Å². The second kappa shape index (κ2) is 9.37. The Balaban J connectivity index is 2.08. The van der Waals surface area contributed by atoms with Crippen molar-refractivity contribution >= 4 is 5.91 Å². The summed E-state index contributed by atoms with van der Waals surface area (Å²) in [6.07, 6.45) is 8.83. The zero-order valence-electron chi connectivity index (χ0n) is 12.3. The van der Waals surface area contributed by atoms with Gasteiger partial charge in [-0.3, -0.25) is 4.79 Å². The van der Waals surface area contributed by atoms with Crippen LogP contribution in [0.5, 0.6) is 0 Å². The topological polar surface area (TPSA) is 23.6 Å². The summed E-state index contributed by atoms with van der Waals surface area (Å²) in [5.41, 5.74) is 0. The van der Waals surface area contributed by atoms with Crippen LogP contribution in [0, 0.1) is 0 Å². The van der Waals surface area contributed by atoms with Gasteiger partial charge in [-0.2, -0.15) is 0 Å². The molecule has 0 bridgehead atoms. The molecule has 1 heterocycles. The predicted octanol–water partition coefficient (Wildman–Crippen LogP) is 2.90. The molecule has 0 unspecified atom stereocenters. The van der Waals surface area contributed by atoms with Crippen molar-refractivity contribution in [3.05, 3.63) is 0 Å². The third kappa shape index (κ3) is 6.39. The predicted molar refractivity (Wildman–Crippen MR) is 76.7 cm³/mol. The number of hydrogen-bond acceptors (Lipinski definition) is 2. The number of carbonyl (C=O) groups excluding carboxylic acids is 1. The van der Waals surface area contributed by atoms with Crippen LogP contribution in [0.4, 0.5) is 0 Å². The smallest absolute Gasteiger partial charge is 0.219 e. The zero-order chi connectivity index (χ0) is 13.2. The van der Waals surface area contributed by atoms with E-state index in [9.17, 15) is 4.79 Å². The largest absolute Gasteiger partial charge is 0.343 e. The van der Waals surface area contributed by atoms with Gasteiger partial charge in [0.25, 0.3) is 0 Å². The molecule has 1 amide bonds. The van der Waals surface area contributed by atoms with Gasteiger partial charge in [-0.25, -0.2) is 0 Å². The van der Waals surface area contributed by atoms with Gasteiger partial charge < -0.3 is 9.80 Å². The highest BCUT2D eigenvalue weighted by atomic mass is 16.2. The normalized spacial score (nSPS) is 16.8. The van der Waals surface area contributed by atoms with Crippen molar-refractivity contribution in [2.75, 3.05) is 32.7 Å². The number of piperidine rings is 1. The molecule has 0 aromatic carbocycles. The molecule has 1 aliphatic rings. The van der Waals surface area contributed by atoms with E-state index >= 15 is 0 Å². The lowest BCUT2D eigenvalue weighted by atomic mass is 10.1. The quantitative estimate of drug-likeness (QED) is 0.622. The standard InChI is InChI=1S/C15H30N2O/c1-3-4-13-17(15(2)18)14-9-8-12-16-10-6-5-7-11-16/h3-14H2,1-2H3. The van der Waals surface area contributed by atoms with Gasteiger partial charge in [0.2, 0.25) is 5.91 Å². The second-order valence-electron chi connectivity index (χ2n) is 5.47. The second-order valence-corrected chi connectivity index (χ2v) is 5.47. The molecule has 0 radical (unpaired) electrons. The maximum absolute atomic E-state index is 11.5. The lowest BCUT2D eigenvalue weighted by Gasteiger charge is -2.27. The lowest BCUT2D eigenvalue weighted by molar-refractivity contribution is -0.129. The van der Waals surface area contributed by atoms with Gasteiger partial charge in [-0.15, -0.1) is 0 Å². The first kappa shape index (κ1) is 15.5. The van der Waals surface area contributed by atoms with E-state index in [1.54, 1.807) is 6.92 Å². The van der Waals surface area contributed by atoms with Crippen LogP contribution < -0.4 is 0 Å². The first-order chi connectivity index (χ1) is 8.74. The number of rotatable bonds is 8. The highest BCUT2D eigenvalue weighted by Crippen LogP contribution is 2.09. The minimum Gasteiger partial charge on any atom is -0.343 e. The number of carbonyl (C=O) groups is 1. The first-order valence-electron chi connectivity index (χ1n) is 7.72. The van der Waals surface area contributed by atoms with E-state index in [0.29, 0.717) is 0 Å². The molecule has 0 aromatic heterocycles. The Hall–Kier alpha value is -0.570. The summed E-state index contributed by atoms with van der Waals surface area (Å²) >= 11 is 0. The van der Waals surface area contributed by atoms with Gasteiger partial charge in [-0.1, -0.05) is 19.8 Å². The Morgan fingerprint density at radius 1 is 1.06 bits per heavy atom. The zero-order valence-corrected chi connectivity index (χ0v) is 12.3. The summed E-state index contributed by atoms with van der Waals surface area (Å²) in [6, 6.07) is 0. The molecule has 0 aromatic rings. The lowest BCUT2D eigenvalue weighted by Crippen LogP contribution is -2.33. The number of amides is 1. The molecule has 0 N–H and O–H groups in total. The highest BCUT2D eigenvalue weighted by molar-refractivity contribution is 5.73. The molecule has 1 rings (SSSR count). The van der Waals surface area contributed by atoms with Crippen molar-refractivity contribution in [1.29, 1.82) is 0 Å². The molecule has 106 valence electrons. The monoisotopic (exact) mass is 254 g/mol. The number of unbranched alkanes of at least 4 members (excludes halogenated alkanes) is 2. The maximum Gasteiger partial charge on any atom is 0.219 e. The summed E-state index contributed by atoms with van der Waals surface area (Å²) in [5.74, 6) is 0.237. The molecule has 1 fully saturated rings. The van der Waals surface area contributed by atoms with E-state index in [2.05, 4.69) is 11.8 Å². The van der Waals surface area contributed by atoms with Gasteiger partial charge in [-0.05, 0) is 51.7 Å². The fraction of sp³-hybridized carbons (Fsp3) is 0.933. The minimum atomic E-state index is 0.237. The van der Waals surface area contributed by atoms with Crippen molar-refractivity contribution in [3.8, 4) is 0 Å². The molecule has 1 aliphatic heterocycles. The van der Waals surface area contributed by atoms with Crippen molar-refractivity contribution < 1.29 is 4.79 Å². The van der Waals surface area contributed by atoms with Crippen molar-refractivity contribution in [2.24, 2.45) is 0 Å². The summed E-state index contributed by atoms with van der Waals surface area (Å²) < 4.78 is 0. The fourth-order valence-electron chi connectivity index (χ4n) is 2.60. The van der Waals surface area contributed by atoms with Crippen molar-refractivity contribution in [1.82, 2.24) is 9.80 Å². The summed E-state index contributed by atoms with van der Waals surface area (Å²) in [6.45, 7) is 9.55. The summed E-state index contributed by atoms with van der Waals surface area (Å²) in [5, 5.41) is 0. The molecule has 1 saturated heterocycles. The average Bonchev–Trinajstić information content (AvgIpc) is 2.38. The number of likely N-dealkylation sites (tertiary alicyclic amines) is 1. The fourth-order valence-corrected chi connectivity index (χ4v) is 2.60. The Morgan fingerprint density at radius 2 is 1.72 bits per heavy atom. The van der Waals surface area contributed by atoms with E-state index in [1.807, 2.05) is 4.90 Å². The van der Waals surface area contributed by atoms with Crippen LogP contribution in [0.25, 0.3) is 0 Å². The molecule has 0 spiro atoms. The maximum atomic E-state index is 11.5. The minimum absolute atomic E-state index is 0.237. The van der Waals surface area contributed by atoms with Crippen molar-refractivity contribution in [2.45, 2.75) is 58.8 Å². The van der Waals surface area contributed by atoms with Crippen LogP contribution >= 0.6 is 0 Å². The highest BCUT2D eigenvalue weighted by Gasteiger charge is 2.10. The van der Waals surface area contributed by atoms with Crippen molar-refractivity contribution in [3.63, 3.8) is 0 Å². The van der Waals surface area contributed by atoms with Crippen LogP contribution in [0.3, 0.4) is 0 Å². The molecular formula is C15H30N2O. The Morgan fingerprint density at radius 3 is 2.33 bits per heavy atom. The van der Waals surface area contributed by atoms with E-state index in [-0.39, 0.29) is 5.91 Å². The average molecular weight is 254 g/mol. The Bertz CT molecular complexity index is 225. The van der Waals surface area contributed by atoms with Gasteiger partial charge in [0, 0.05) is 20.0 Å². The van der Waals surface area contributed by atoms with Gasteiger partial charge in [0.05, 0.1) is 0 Å². The van der Waals surface area contributed by atoms with Gasteiger partial charge in [0.1, 0.15) is 0 Å². The number of nitrogens with zero attached hydrogens (tertiary/aromatic N) is 2. The molecule has 0 saturated carbocycles. The molecule has 0 aliphatic carbocycles. The van der Waals surface area contributed by atoms with Crippen LogP contribution in [0.15, 0.2) is 0 Å².